The second-order valence-corrected chi connectivity index (χ2v) is 5.64. The molecule has 0 amide bonds. The molecule has 0 aliphatic carbocycles. The first-order valence-corrected chi connectivity index (χ1v) is 5.78. The van der Waals surface area contributed by atoms with Crippen molar-refractivity contribution in [1.29, 1.82) is 0 Å². The summed E-state index contributed by atoms with van der Waals surface area (Å²) in [6.45, 7) is 11.3. The highest BCUT2D eigenvalue weighted by molar-refractivity contribution is 5.85. The molecule has 0 fully saturated rings. The van der Waals surface area contributed by atoms with Crippen LogP contribution < -0.4 is 5.32 Å². The maximum Gasteiger partial charge on any atom is 0.0382 e. The van der Waals surface area contributed by atoms with Crippen LogP contribution in [-0.4, -0.2) is 5.54 Å². The number of rotatable bonds is 0. The summed E-state index contributed by atoms with van der Waals surface area (Å²) >= 11 is 0. The van der Waals surface area contributed by atoms with E-state index >= 15 is 0 Å². The van der Waals surface area contributed by atoms with Crippen LogP contribution in [0.4, 0.5) is 5.69 Å². The molecule has 1 aromatic rings. The van der Waals surface area contributed by atoms with Crippen LogP contribution >= 0.6 is 12.4 Å². The van der Waals surface area contributed by atoms with Crippen LogP contribution in [0.15, 0.2) is 12.1 Å². The Kier molecular flexibility index (Phi) is 3.59. The number of fused-ring (bicyclic) bond motifs is 1. The summed E-state index contributed by atoms with van der Waals surface area (Å²) < 4.78 is 0. The summed E-state index contributed by atoms with van der Waals surface area (Å²) in [4.78, 5) is 0. The molecule has 1 aliphatic heterocycles. The highest BCUT2D eigenvalue weighted by atomic mass is 35.5. The minimum Gasteiger partial charge on any atom is -0.380 e. The zero-order valence-electron chi connectivity index (χ0n) is 10.8. The summed E-state index contributed by atoms with van der Waals surface area (Å²) in [5.41, 5.74) is 5.83. The van der Waals surface area contributed by atoms with Gasteiger partial charge in [0.2, 0.25) is 0 Å². The predicted octanol–water partition coefficient (Wildman–Crippen LogP) is 4.42. The zero-order chi connectivity index (χ0) is 11.2. The Balaban J connectivity index is 0.00000128. The maximum absolute atomic E-state index is 3.63. The molecule has 0 aromatic heterocycles. The van der Waals surface area contributed by atoms with E-state index in [1.165, 1.54) is 28.8 Å². The smallest absolute Gasteiger partial charge is 0.0382 e. The standard InChI is InChI=1S/C14H21N.ClH/c1-9-6-12-11(3)8-14(4,5)15-13(12)7-10(9)2;/h6-7,11,15H,8H2,1-5H3;1H. The first-order chi connectivity index (χ1) is 6.89. The van der Waals surface area contributed by atoms with Crippen LogP contribution in [0.2, 0.25) is 0 Å². The van der Waals surface area contributed by atoms with Crippen LogP contribution in [-0.2, 0) is 0 Å². The van der Waals surface area contributed by atoms with Crippen molar-refractivity contribution in [3.8, 4) is 0 Å². The third-order valence-corrected chi connectivity index (χ3v) is 3.49. The number of hydrogen-bond donors (Lipinski definition) is 1. The Morgan fingerprint density at radius 2 is 1.75 bits per heavy atom. The fourth-order valence-corrected chi connectivity index (χ4v) is 2.65. The monoisotopic (exact) mass is 239 g/mol. The average Bonchev–Trinajstić information content (AvgIpc) is 2.07. The summed E-state index contributed by atoms with van der Waals surface area (Å²) in [6, 6.07) is 4.64. The van der Waals surface area contributed by atoms with E-state index < -0.39 is 0 Å². The molecule has 2 rings (SSSR count). The molecular weight excluding hydrogens is 218 g/mol. The van der Waals surface area contributed by atoms with E-state index in [2.05, 4.69) is 52.1 Å². The molecule has 1 N–H and O–H groups in total. The fourth-order valence-electron chi connectivity index (χ4n) is 2.65. The van der Waals surface area contributed by atoms with Crippen molar-refractivity contribution in [3.63, 3.8) is 0 Å². The van der Waals surface area contributed by atoms with E-state index in [1.54, 1.807) is 0 Å². The second-order valence-electron chi connectivity index (χ2n) is 5.64. The molecule has 1 nitrogen and oxygen atoms in total. The van der Waals surface area contributed by atoms with Crippen LogP contribution in [0.25, 0.3) is 0 Å². The molecule has 1 heterocycles. The molecular formula is C14H22ClN. The molecule has 1 unspecified atom stereocenters. The van der Waals surface area contributed by atoms with Gasteiger partial charge in [0.1, 0.15) is 0 Å². The van der Waals surface area contributed by atoms with Gasteiger partial charge in [0, 0.05) is 11.2 Å². The summed E-state index contributed by atoms with van der Waals surface area (Å²) in [6.07, 6.45) is 1.21. The van der Waals surface area contributed by atoms with E-state index in [0.29, 0.717) is 5.92 Å². The van der Waals surface area contributed by atoms with Gasteiger partial charge >= 0.3 is 0 Å². The molecule has 1 aromatic carbocycles. The van der Waals surface area contributed by atoms with Crippen molar-refractivity contribution < 1.29 is 0 Å². The number of benzene rings is 1. The van der Waals surface area contributed by atoms with Crippen molar-refractivity contribution in [1.82, 2.24) is 0 Å². The van der Waals surface area contributed by atoms with E-state index in [1.807, 2.05) is 0 Å². The summed E-state index contributed by atoms with van der Waals surface area (Å²) in [7, 11) is 0. The van der Waals surface area contributed by atoms with Crippen molar-refractivity contribution in [2.24, 2.45) is 0 Å². The minimum absolute atomic E-state index is 0. The third kappa shape index (κ3) is 2.35. The Bertz CT molecular complexity index is 396. The van der Waals surface area contributed by atoms with Gasteiger partial charge in [0.15, 0.2) is 0 Å². The van der Waals surface area contributed by atoms with Crippen LogP contribution in [0.1, 0.15) is 49.8 Å². The van der Waals surface area contributed by atoms with Crippen LogP contribution in [0, 0.1) is 13.8 Å². The quantitative estimate of drug-likeness (QED) is 0.707. The van der Waals surface area contributed by atoms with Gasteiger partial charge in [-0.25, -0.2) is 0 Å². The highest BCUT2D eigenvalue weighted by Gasteiger charge is 2.29. The zero-order valence-corrected chi connectivity index (χ0v) is 11.7. The number of nitrogens with one attached hydrogen (secondary N) is 1. The lowest BCUT2D eigenvalue weighted by atomic mass is 9.81. The van der Waals surface area contributed by atoms with Crippen molar-refractivity contribution in [3.05, 3.63) is 28.8 Å². The first kappa shape index (κ1) is 13.4. The molecule has 1 aliphatic rings. The number of hydrogen-bond acceptors (Lipinski definition) is 1. The molecule has 0 radical (unpaired) electrons. The van der Waals surface area contributed by atoms with Gasteiger partial charge in [-0.3, -0.25) is 0 Å². The van der Waals surface area contributed by atoms with Crippen LogP contribution in [0.3, 0.4) is 0 Å². The Morgan fingerprint density at radius 1 is 1.19 bits per heavy atom. The Morgan fingerprint density at radius 3 is 2.38 bits per heavy atom. The molecule has 0 bridgehead atoms. The first-order valence-electron chi connectivity index (χ1n) is 5.78. The van der Waals surface area contributed by atoms with Crippen molar-refractivity contribution >= 4 is 18.1 Å². The predicted molar refractivity (Wildman–Crippen MR) is 73.9 cm³/mol. The maximum atomic E-state index is 3.63. The van der Waals surface area contributed by atoms with E-state index in [4.69, 9.17) is 0 Å². The van der Waals surface area contributed by atoms with Crippen molar-refractivity contribution in [2.45, 2.75) is 52.5 Å². The largest absolute Gasteiger partial charge is 0.380 e. The van der Waals surface area contributed by atoms with Gasteiger partial charge in [-0.2, -0.15) is 0 Å². The number of aryl methyl sites for hydroxylation is 2. The minimum atomic E-state index is 0. The number of halogens is 1. The molecule has 0 spiro atoms. The van der Waals surface area contributed by atoms with Gasteiger partial charge in [-0.1, -0.05) is 13.0 Å². The molecule has 2 heteroatoms. The molecule has 16 heavy (non-hydrogen) atoms. The van der Waals surface area contributed by atoms with Gasteiger partial charge in [0.25, 0.3) is 0 Å². The van der Waals surface area contributed by atoms with Gasteiger partial charge < -0.3 is 5.32 Å². The third-order valence-electron chi connectivity index (χ3n) is 3.49. The fraction of sp³-hybridized carbons (Fsp3) is 0.571. The molecule has 0 saturated carbocycles. The second kappa shape index (κ2) is 4.29. The normalized spacial score (nSPS) is 21.7. The molecule has 1 atom stereocenters. The lowest BCUT2D eigenvalue weighted by Crippen LogP contribution is -2.36. The Hall–Kier alpha value is -0.690. The SMILES string of the molecule is Cc1cc2c(cc1C)C(C)CC(C)(C)N2.Cl. The summed E-state index contributed by atoms with van der Waals surface area (Å²) in [5, 5.41) is 3.63. The van der Waals surface area contributed by atoms with E-state index in [0.717, 1.165) is 0 Å². The number of anilines is 1. The van der Waals surface area contributed by atoms with E-state index in [-0.39, 0.29) is 17.9 Å². The molecule has 0 saturated heterocycles. The lowest BCUT2D eigenvalue weighted by molar-refractivity contribution is 0.454. The van der Waals surface area contributed by atoms with Gasteiger partial charge in [-0.05, 0) is 62.8 Å². The topological polar surface area (TPSA) is 12.0 Å². The van der Waals surface area contributed by atoms with Crippen molar-refractivity contribution in [2.75, 3.05) is 5.32 Å². The Labute approximate surface area is 105 Å². The van der Waals surface area contributed by atoms with Crippen LogP contribution in [0.5, 0.6) is 0 Å². The van der Waals surface area contributed by atoms with Gasteiger partial charge in [0.05, 0.1) is 0 Å². The van der Waals surface area contributed by atoms with Gasteiger partial charge in [-0.15, -0.1) is 12.4 Å². The lowest BCUT2D eigenvalue weighted by Gasteiger charge is -2.38. The van der Waals surface area contributed by atoms with E-state index in [9.17, 15) is 0 Å². The highest BCUT2D eigenvalue weighted by Crippen LogP contribution is 2.39. The summed E-state index contributed by atoms with van der Waals surface area (Å²) in [5.74, 6) is 0.663. The average molecular weight is 240 g/mol. The molecule has 90 valence electrons.